The van der Waals surface area contributed by atoms with Crippen molar-refractivity contribution in [3.8, 4) is 0 Å². The number of aliphatic carboxylic acids is 2. The molecule has 10 nitrogen and oxygen atoms in total. The molecule has 1 saturated heterocycles. The zero-order valence-corrected chi connectivity index (χ0v) is 22.0. The third kappa shape index (κ3) is 6.55. The topological polar surface area (TPSA) is 148 Å². The quantitative estimate of drug-likeness (QED) is 0.335. The number of hydrogen-bond acceptors (Lipinski definition) is 8. The SMILES string of the molecule is Cc1ccc2c(c1)c(C(=O)[C@@H]1CSC(c3cccnc3)N1)c(C)n2C(=O)OC(C)(C)C.O=C(O)C(=O)O. The van der Waals surface area contributed by atoms with E-state index in [4.69, 9.17) is 24.5 Å². The van der Waals surface area contributed by atoms with Gasteiger partial charge in [-0.25, -0.2) is 19.0 Å². The number of carbonyl (C=O) groups excluding carboxylic acids is 2. The maximum atomic E-state index is 13.6. The first-order chi connectivity index (χ1) is 17.3. The Morgan fingerprint density at radius 3 is 2.35 bits per heavy atom. The zero-order valence-electron chi connectivity index (χ0n) is 21.1. The predicted octanol–water partition coefficient (Wildman–Crippen LogP) is 4.18. The van der Waals surface area contributed by atoms with Gasteiger partial charge in [-0.15, -0.1) is 11.8 Å². The Bertz CT molecular complexity index is 1330. The van der Waals surface area contributed by atoms with E-state index in [2.05, 4.69) is 10.3 Å². The Hall–Kier alpha value is -3.70. The Kier molecular flexibility index (Phi) is 8.39. The number of hydrogen-bond donors (Lipinski definition) is 3. The summed E-state index contributed by atoms with van der Waals surface area (Å²) in [4.78, 5) is 49.0. The third-order valence-electron chi connectivity index (χ3n) is 5.45. The molecule has 0 aliphatic carbocycles. The van der Waals surface area contributed by atoms with E-state index >= 15 is 0 Å². The van der Waals surface area contributed by atoms with Crippen LogP contribution in [0.15, 0.2) is 42.7 Å². The van der Waals surface area contributed by atoms with Crippen LogP contribution in [0.25, 0.3) is 10.9 Å². The van der Waals surface area contributed by atoms with E-state index < -0.39 is 23.6 Å². The summed E-state index contributed by atoms with van der Waals surface area (Å²) in [5.74, 6) is -3.00. The van der Waals surface area contributed by atoms with Crippen LogP contribution in [0.1, 0.15) is 53.3 Å². The second-order valence-corrected chi connectivity index (χ2v) is 10.6. The van der Waals surface area contributed by atoms with Crippen LogP contribution in [-0.4, -0.2) is 61.0 Å². The molecule has 1 aliphatic heterocycles. The average Bonchev–Trinajstić information content (AvgIpc) is 3.41. The number of aromatic nitrogens is 2. The Balaban J connectivity index is 0.000000568. The summed E-state index contributed by atoms with van der Waals surface area (Å²) in [5, 5.41) is 19.0. The minimum Gasteiger partial charge on any atom is -0.473 e. The van der Waals surface area contributed by atoms with Gasteiger partial charge >= 0.3 is 18.0 Å². The predicted molar refractivity (Wildman–Crippen MR) is 139 cm³/mol. The molecule has 1 aromatic carbocycles. The molecule has 1 fully saturated rings. The van der Waals surface area contributed by atoms with Crippen molar-refractivity contribution in [1.29, 1.82) is 0 Å². The number of carboxylic acids is 2. The smallest absolute Gasteiger partial charge is 0.419 e. The first-order valence-corrected chi connectivity index (χ1v) is 12.5. The fourth-order valence-electron chi connectivity index (χ4n) is 3.91. The summed E-state index contributed by atoms with van der Waals surface area (Å²) >= 11 is 1.69. The minimum atomic E-state index is -1.82. The van der Waals surface area contributed by atoms with Crippen molar-refractivity contribution in [2.45, 2.75) is 51.6 Å². The molecule has 1 unspecified atom stereocenters. The highest BCUT2D eigenvalue weighted by molar-refractivity contribution is 7.99. The number of pyridine rings is 1. The molecule has 0 saturated carbocycles. The number of carbonyl (C=O) groups is 4. The largest absolute Gasteiger partial charge is 0.473 e. The van der Waals surface area contributed by atoms with Gasteiger partial charge in [0, 0.05) is 34.8 Å². The lowest BCUT2D eigenvalue weighted by molar-refractivity contribution is -0.159. The third-order valence-corrected chi connectivity index (χ3v) is 6.72. The van der Waals surface area contributed by atoms with Crippen molar-refractivity contribution in [1.82, 2.24) is 14.9 Å². The van der Waals surface area contributed by atoms with Gasteiger partial charge in [0.25, 0.3) is 0 Å². The molecule has 3 N–H and O–H groups in total. The fraction of sp³-hybridized carbons (Fsp3) is 0.346. The number of aryl methyl sites for hydroxylation is 1. The first kappa shape index (κ1) is 27.9. The van der Waals surface area contributed by atoms with E-state index in [-0.39, 0.29) is 17.2 Å². The maximum Gasteiger partial charge on any atom is 0.419 e. The maximum absolute atomic E-state index is 13.6. The number of thioether (sulfide) groups is 1. The van der Waals surface area contributed by atoms with Crippen LogP contribution in [0, 0.1) is 13.8 Å². The molecular weight excluding hydrogens is 498 g/mol. The molecule has 37 heavy (non-hydrogen) atoms. The fourth-order valence-corrected chi connectivity index (χ4v) is 5.13. The number of Topliss-reactive ketones (excluding diaryl/α,β-unsaturated/α-hetero) is 1. The van der Waals surface area contributed by atoms with Crippen LogP contribution in [0.3, 0.4) is 0 Å². The highest BCUT2D eigenvalue weighted by Gasteiger charge is 2.35. The molecule has 4 rings (SSSR count). The van der Waals surface area contributed by atoms with Crippen LogP contribution in [0.5, 0.6) is 0 Å². The van der Waals surface area contributed by atoms with E-state index in [0.29, 0.717) is 22.5 Å². The number of nitrogens with zero attached hydrogens (tertiary/aromatic N) is 2. The molecule has 1 aliphatic rings. The van der Waals surface area contributed by atoms with Gasteiger partial charge in [-0.2, -0.15) is 0 Å². The lowest BCUT2D eigenvalue weighted by Gasteiger charge is -2.20. The minimum absolute atomic E-state index is 0.00528. The van der Waals surface area contributed by atoms with E-state index in [0.717, 1.165) is 16.5 Å². The van der Waals surface area contributed by atoms with Crippen LogP contribution in [0.2, 0.25) is 0 Å². The van der Waals surface area contributed by atoms with Crippen LogP contribution >= 0.6 is 11.8 Å². The summed E-state index contributed by atoms with van der Waals surface area (Å²) < 4.78 is 7.14. The van der Waals surface area contributed by atoms with Crippen LogP contribution in [-0.2, 0) is 14.3 Å². The molecule has 2 atom stereocenters. The Labute approximate surface area is 218 Å². The lowest BCUT2D eigenvalue weighted by Crippen LogP contribution is -2.34. The number of benzene rings is 1. The van der Waals surface area contributed by atoms with Crippen molar-refractivity contribution in [2.24, 2.45) is 0 Å². The number of carboxylic acid groups (broad SMARTS) is 2. The second-order valence-electron chi connectivity index (χ2n) is 9.49. The molecular formula is C26H29N3O7S. The van der Waals surface area contributed by atoms with Crippen LogP contribution < -0.4 is 5.32 Å². The summed E-state index contributed by atoms with van der Waals surface area (Å²) in [5.41, 5.74) is 3.33. The van der Waals surface area contributed by atoms with E-state index in [9.17, 15) is 9.59 Å². The number of rotatable bonds is 3. The van der Waals surface area contributed by atoms with Crippen molar-refractivity contribution in [2.75, 3.05) is 5.75 Å². The summed E-state index contributed by atoms with van der Waals surface area (Å²) in [6.45, 7) is 9.30. The lowest BCUT2D eigenvalue weighted by atomic mass is 10.0. The van der Waals surface area contributed by atoms with Gasteiger partial charge in [0.15, 0.2) is 5.78 Å². The molecule has 2 aromatic heterocycles. The molecule has 11 heteroatoms. The van der Waals surface area contributed by atoms with E-state index in [1.54, 1.807) is 18.0 Å². The summed E-state index contributed by atoms with van der Waals surface area (Å²) in [6, 6.07) is 9.36. The number of ether oxygens (including phenoxy) is 1. The molecule has 3 heterocycles. The number of ketones is 1. The highest BCUT2D eigenvalue weighted by atomic mass is 32.2. The van der Waals surface area contributed by atoms with Gasteiger partial charge in [0.1, 0.15) is 5.60 Å². The molecule has 0 bridgehead atoms. The van der Waals surface area contributed by atoms with E-state index in [1.807, 2.05) is 71.1 Å². The average molecular weight is 528 g/mol. The van der Waals surface area contributed by atoms with Gasteiger partial charge < -0.3 is 14.9 Å². The van der Waals surface area contributed by atoms with E-state index in [1.165, 1.54) is 4.57 Å². The Morgan fingerprint density at radius 1 is 1.11 bits per heavy atom. The second kappa shape index (κ2) is 11.1. The monoisotopic (exact) mass is 527 g/mol. The zero-order chi connectivity index (χ0) is 27.5. The van der Waals surface area contributed by atoms with Crippen LogP contribution in [0.4, 0.5) is 4.79 Å². The van der Waals surface area contributed by atoms with Crippen molar-refractivity contribution in [3.63, 3.8) is 0 Å². The molecule has 3 aromatic rings. The van der Waals surface area contributed by atoms with Gasteiger partial charge in [0.2, 0.25) is 0 Å². The standard InChI is InChI=1S/C24H27N3O3S.C2H2O4/c1-14-8-9-19-17(11-14)20(15(2)27(19)23(29)30-24(3,4)5)21(28)18-13-31-22(26-18)16-7-6-10-25-12-16;3-1(4)2(5)6/h6-12,18,22,26H,13H2,1-5H3;(H,3,4)(H,5,6)/t18-,22?;/m0./s1. The molecule has 0 spiro atoms. The first-order valence-electron chi connectivity index (χ1n) is 11.4. The van der Waals surface area contributed by atoms with Crippen molar-refractivity contribution < 1.29 is 34.1 Å². The number of fused-ring (bicyclic) bond motifs is 1. The summed E-state index contributed by atoms with van der Waals surface area (Å²) in [6.07, 6.45) is 3.09. The van der Waals surface area contributed by atoms with Crippen molar-refractivity contribution in [3.05, 3.63) is 65.1 Å². The molecule has 196 valence electrons. The van der Waals surface area contributed by atoms with Gasteiger partial charge in [-0.3, -0.25) is 15.1 Å². The molecule has 0 amide bonds. The number of nitrogens with one attached hydrogen (secondary N) is 1. The van der Waals surface area contributed by atoms with Crippen molar-refractivity contribution >= 4 is 46.5 Å². The summed E-state index contributed by atoms with van der Waals surface area (Å²) in [7, 11) is 0. The highest BCUT2D eigenvalue weighted by Crippen LogP contribution is 2.35. The Morgan fingerprint density at radius 2 is 1.78 bits per heavy atom. The van der Waals surface area contributed by atoms with Gasteiger partial charge in [0.05, 0.1) is 16.9 Å². The normalized spacial score (nSPS) is 17.1. The van der Waals surface area contributed by atoms with Gasteiger partial charge in [-0.1, -0.05) is 17.7 Å². The van der Waals surface area contributed by atoms with Gasteiger partial charge in [-0.05, 0) is 58.4 Å². The molecule has 0 radical (unpaired) electrons.